The zero-order chi connectivity index (χ0) is 17.2. The summed E-state index contributed by atoms with van der Waals surface area (Å²) in [6.07, 6.45) is 3.95. The predicted molar refractivity (Wildman–Crippen MR) is 93.5 cm³/mol. The van der Waals surface area contributed by atoms with Crippen molar-refractivity contribution >= 4 is 23.2 Å². The highest BCUT2D eigenvalue weighted by molar-refractivity contribution is 5.79. The summed E-state index contributed by atoms with van der Waals surface area (Å²) >= 11 is 0. The Balaban J connectivity index is 1.31. The van der Waals surface area contributed by atoms with Gasteiger partial charge in [0.2, 0.25) is 11.6 Å². The highest BCUT2D eigenvalue weighted by atomic mass is 16.5. The SMILES string of the molecule is Cc1ccc2oc(N3CCC(C(=O)NCC4CCCO4)CC3)nc2n1. The van der Waals surface area contributed by atoms with Crippen molar-refractivity contribution in [1.29, 1.82) is 0 Å². The van der Waals surface area contributed by atoms with E-state index in [1.54, 1.807) is 0 Å². The molecule has 0 aliphatic carbocycles. The molecule has 0 aromatic carbocycles. The lowest BCUT2D eigenvalue weighted by Gasteiger charge is -2.30. The van der Waals surface area contributed by atoms with E-state index in [1.807, 2.05) is 19.1 Å². The molecule has 0 saturated carbocycles. The van der Waals surface area contributed by atoms with E-state index in [-0.39, 0.29) is 17.9 Å². The second kappa shape index (κ2) is 7.00. The van der Waals surface area contributed by atoms with Crippen LogP contribution in [0.4, 0.5) is 6.01 Å². The highest BCUT2D eigenvalue weighted by Crippen LogP contribution is 2.26. The van der Waals surface area contributed by atoms with Gasteiger partial charge in [-0.25, -0.2) is 4.98 Å². The van der Waals surface area contributed by atoms with E-state index in [2.05, 4.69) is 20.2 Å². The van der Waals surface area contributed by atoms with Crippen LogP contribution in [0.2, 0.25) is 0 Å². The molecule has 7 heteroatoms. The van der Waals surface area contributed by atoms with Gasteiger partial charge in [0.25, 0.3) is 6.01 Å². The lowest BCUT2D eigenvalue weighted by atomic mass is 9.96. The normalized spacial score (nSPS) is 21.8. The van der Waals surface area contributed by atoms with Crippen molar-refractivity contribution in [3.05, 3.63) is 17.8 Å². The molecule has 4 rings (SSSR count). The van der Waals surface area contributed by atoms with Gasteiger partial charge in [0.15, 0.2) is 5.58 Å². The fraction of sp³-hybridized carbons (Fsp3) is 0.611. The lowest BCUT2D eigenvalue weighted by Crippen LogP contribution is -2.42. The number of piperidine rings is 1. The molecule has 4 heterocycles. The maximum absolute atomic E-state index is 12.3. The van der Waals surface area contributed by atoms with Crippen LogP contribution < -0.4 is 10.2 Å². The van der Waals surface area contributed by atoms with Gasteiger partial charge >= 0.3 is 0 Å². The van der Waals surface area contributed by atoms with Crippen LogP contribution >= 0.6 is 0 Å². The second-order valence-corrected chi connectivity index (χ2v) is 6.91. The van der Waals surface area contributed by atoms with Crippen molar-refractivity contribution in [3.63, 3.8) is 0 Å². The Bertz CT molecular complexity index is 746. The predicted octanol–water partition coefficient (Wildman–Crippen LogP) is 2.04. The standard InChI is InChI=1S/C18H24N4O3/c1-12-4-5-15-16(20-12)21-18(25-15)22-8-6-13(7-9-22)17(23)19-11-14-3-2-10-24-14/h4-5,13-14H,2-3,6-11H2,1H3,(H,19,23). The molecule has 7 nitrogen and oxygen atoms in total. The maximum Gasteiger partial charge on any atom is 0.299 e. The number of fused-ring (bicyclic) bond motifs is 1. The third kappa shape index (κ3) is 3.61. The molecule has 2 aliphatic rings. The lowest BCUT2D eigenvalue weighted by molar-refractivity contribution is -0.126. The minimum absolute atomic E-state index is 0.0578. The van der Waals surface area contributed by atoms with Gasteiger partial charge in [0.1, 0.15) is 0 Å². The van der Waals surface area contributed by atoms with Crippen molar-refractivity contribution in [3.8, 4) is 0 Å². The molecule has 2 saturated heterocycles. The number of hydrogen-bond acceptors (Lipinski definition) is 6. The van der Waals surface area contributed by atoms with Gasteiger partial charge in [-0.1, -0.05) is 0 Å². The summed E-state index contributed by atoms with van der Waals surface area (Å²) in [6, 6.07) is 4.42. The third-order valence-corrected chi connectivity index (χ3v) is 5.05. The Hall–Kier alpha value is -2.15. The number of hydrogen-bond donors (Lipinski definition) is 1. The topological polar surface area (TPSA) is 80.5 Å². The van der Waals surface area contributed by atoms with Crippen molar-refractivity contribution in [2.24, 2.45) is 5.92 Å². The molecule has 1 N–H and O–H groups in total. The minimum Gasteiger partial charge on any atom is -0.422 e. The van der Waals surface area contributed by atoms with E-state index >= 15 is 0 Å². The van der Waals surface area contributed by atoms with Crippen LogP contribution in [0.1, 0.15) is 31.4 Å². The molecular formula is C18H24N4O3. The van der Waals surface area contributed by atoms with E-state index in [4.69, 9.17) is 9.15 Å². The number of nitrogens with one attached hydrogen (secondary N) is 1. The number of carbonyl (C=O) groups is 1. The number of anilines is 1. The number of rotatable bonds is 4. The maximum atomic E-state index is 12.3. The molecule has 1 amide bonds. The zero-order valence-corrected chi connectivity index (χ0v) is 14.5. The summed E-state index contributed by atoms with van der Waals surface area (Å²) in [7, 11) is 0. The Morgan fingerprint density at radius 3 is 2.88 bits per heavy atom. The average Bonchev–Trinajstić information content (AvgIpc) is 3.29. The first-order chi connectivity index (χ1) is 12.2. The van der Waals surface area contributed by atoms with Crippen LogP contribution in [-0.2, 0) is 9.53 Å². The number of ether oxygens (including phenoxy) is 1. The van der Waals surface area contributed by atoms with Crippen LogP contribution in [-0.4, -0.2) is 48.2 Å². The van der Waals surface area contributed by atoms with Gasteiger partial charge in [-0.15, -0.1) is 0 Å². The minimum atomic E-state index is 0.0578. The summed E-state index contributed by atoms with van der Waals surface area (Å²) in [5.41, 5.74) is 2.28. The van der Waals surface area contributed by atoms with Crippen LogP contribution in [0.15, 0.2) is 16.5 Å². The van der Waals surface area contributed by atoms with Crippen molar-refractivity contribution in [1.82, 2.24) is 15.3 Å². The number of nitrogens with zero attached hydrogens (tertiary/aromatic N) is 3. The van der Waals surface area contributed by atoms with Crippen molar-refractivity contribution in [2.75, 3.05) is 31.1 Å². The van der Waals surface area contributed by atoms with Gasteiger partial charge in [0.05, 0.1) is 6.10 Å². The van der Waals surface area contributed by atoms with Crippen molar-refractivity contribution in [2.45, 2.75) is 38.7 Å². The Morgan fingerprint density at radius 2 is 2.12 bits per heavy atom. The molecule has 1 atom stereocenters. The molecule has 2 aromatic heterocycles. The number of aryl methyl sites for hydroxylation is 1. The molecule has 2 aliphatic heterocycles. The first-order valence-electron chi connectivity index (χ1n) is 9.07. The molecule has 2 fully saturated rings. The first kappa shape index (κ1) is 16.3. The fourth-order valence-corrected chi connectivity index (χ4v) is 3.53. The summed E-state index contributed by atoms with van der Waals surface area (Å²) in [5.74, 6) is 0.201. The van der Waals surface area contributed by atoms with E-state index in [1.165, 1.54) is 0 Å². The van der Waals surface area contributed by atoms with Gasteiger partial charge in [0, 0.05) is 37.9 Å². The van der Waals surface area contributed by atoms with Gasteiger partial charge in [-0.2, -0.15) is 4.98 Å². The second-order valence-electron chi connectivity index (χ2n) is 6.91. The van der Waals surface area contributed by atoms with E-state index in [0.29, 0.717) is 23.8 Å². The first-order valence-corrected chi connectivity index (χ1v) is 9.07. The van der Waals surface area contributed by atoms with Crippen LogP contribution in [0.25, 0.3) is 11.2 Å². The van der Waals surface area contributed by atoms with Crippen LogP contribution in [0, 0.1) is 12.8 Å². The molecule has 2 aromatic rings. The van der Waals surface area contributed by atoms with Gasteiger partial charge < -0.3 is 19.4 Å². The third-order valence-electron chi connectivity index (χ3n) is 5.05. The quantitative estimate of drug-likeness (QED) is 0.914. The summed E-state index contributed by atoms with van der Waals surface area (Å²) in [5, 5.41) is 3.05. The Kier molecular flexibility index (Phi) is 4.57. The average molecular weight is 344 g/mol. The van der Waals surface area contributed by atoms with Crippen LogP contribution in [0.3, 0.4) is 0 Å². The van der Waals surface area contributed by atoms with Crippen LogP contribution in [0.5, 0.6) is 0 Å². The van der Waals surface area contributed by atoms with E-state index in [9.17, 15) is 4.79 Å². The summed E-state index contributed by atoms with van der Waals surface area (Å²) in [6.45, 7) is 4.93. The molecule has 0 spiro atoms. The molecule has 0 bridgehead atoms. The highest BCUT2D eigenvalue weighted by Gasteiger charge is 2.28. The number of aromatic nitrogens is 2. The number of amides is 1. The van der Waals surface area contributed by atoms with E-state index < -0.39 is 0 Å². The summed E-state index contributed by atoms with van der Waals surface area (Å²) in [4.78, 5) is 23.3. The largest absolute Gasteiger partial charge is 0.422 e. The monoisotopic (exact) mass is 344 g/mol. The fourth-order valence-electron chi connectivity index (χ4n) is 3.53. The molecule has 0 radical (unpaired) electrons. The molecule has 134 valence electrons. The number of carbonyl (C=O) groups excluding carboxylic acids is 1. The molecule has 1 unspecified atom stereocenters. The van der Waals surface area contributed by atoms with Crippen molar-refractivity contribution < 1.29 is 13.9 Å². The van der Waals surface area contributed by atoms with E-state index in [0.717, 1.165) is 51.1 Å². The van der Waals surface area contributed by atoms with Gasteiger partial charge in [-0.3, -0.25) is 4.79 Å². The number of pyridine rings is 1. The molecule has 25 heavy (non-hydrogen) atoms. The summed E-state index contributed by atoms with van der Waals surface area (Å²) < 4.78 is 11.4. The number of oxazole rings is 1. The Morgan fingerprint density at radius 1 is 1.28 bits per heavy atom. The Labute approximate surface area is 146 Å². The zero-order valence-electron chi connectivity index (χ0n) is 14.5. The molecular weight excluding hydrogens is 320 g/mol. The smallest absolute Gasteiger partial charge is 0.299 e. The van der Waals surface area contributed by atoms with Gasteiger partial charge in [-0.05, 0) is 44.7 Å².